The Balaban J connectivity index is 1.62. The molecule has 3 rings (SSSR count). The molecule has 2 N–H and O–H groups in total. The second-order valence-electron chi connectivity index (χ2n) is 7.61. The lowest BCUT2D eigenvalue weighted by atomic mass is 9.95. The van der Waals surface area contributed by atoms with Gasteiger partial charge in [0.05, 0.1) is 4.75 Å². The van der Waals surface area contributed by atoms with E-state index in [1.807, 2.05) is 12.1 Å². The number of halogens is 1. The van der Waals surface area contributed by atoms with Gasteiger partial charge >= 0.3 is 0 Å². The fourth-order valence-electron chi connectivity index (χ4n) is 3.72. The minimum Gasteiger partial charge on any atom is -0.381 e. The lowest BCUT2D eigenvalue weighted by Gasteiger charge is -2.36. The number of benzene rings is 1. The Hall–Kier alpha value is -1.67. The maximum Gasteiger partial charge on any atom is 0.191 e. The summed E-state index contributed by atoms with van der Waals surface area (Å²) in [4.78, 5) is 4.21. The van der Waals surface area contributed by atoms with Crippen molar-refractivity contribution in [3.8, 4) is 0 Å². The first-order chi connectivity index (χ1) is 12.8. The third-order valence-corrected chi connectivity index (χ3v) is 8.01. The second kappa shape index (κ2) is 7.75. The lowest BCUT2D eigenvalue weighted by molar-refractivity contribution is 0.0756. The minimum absolute atomic E-state index is 0.182. The zero-order valence-electron chi connectivity index (χ0n) is 15.9. The first-order valence-electron chi connectivity index (χ1n) is 9.29. The van der Waals surface area contributed by atoms with E-state index in [2.05, 4.69) is 15.6 Å². The highest BCUT2D eigenvalue weighted by Gasteiger charge is 2.46. The highest BCUT2D eigenvalue weighted by molar-refractivity contribution is 7.92. The lowest BCUT2D eigenvalue weighted by Crippen LogP contribution is -2.54. The van der Waals surface area contributed by atoms with Crippen LogP contribution in [0.2, 0.25) is 0 Å². The predicted molar refractivity (Wildman–Crippen MR) is 104 cm³/mol. The van der Waals surface area contributed by atoms with Crippen LogP contribution in [0.25, 0.3) is 0 Å². The molecule has 1 saturated carbocycles. The molecule has 1 aliphatic heterocycles. The summed E-state index contributed by atoms with van der Waals surface area (Å²) in [5, 5.41) is 6.42. The Kier molecular flexibility index (Phi) is 5.76. The number of nitrogens with one attached hydrogen (secondary N) is 2. The minimum atomic E-state index is -3.25. The van der Waals surface area contributed by atoms with E-state index in [-0.39, 0.29) is 17.8 Å². The molecule has 1 heterocycles. The number of hydrogen-bond acceptors (Lipinski definition) is 4. The Labute approximate surface area is 160 Å². The quantitative estimate of drug-likeness (QED) is 0.563. The molecule has 2 fully saturated rings. The Morgan fingerprint density at radius 3 is 2.33 bits per heavy atom. The zero-order chi connectivity index (χ0) is 19.5. The number of nitrogens with zero attached hydrogens (tertiary/aromatic N) is 1. The van der Waals surface area contributed by atoms with Gasteiger partial charge in [-0.15, -0.1) is 0 Å². The average molecular weight is 398 g/mol. The molecule has 2 aliphatic rings. The van der Waals surface area contributed by atoms with Gasteiger partial charge in [0.25, 0.3) is 0 Å². The third-order valence-electron chi connectivity index (χ3n) is 5.89. The topological polar surface area (TPSA) is 79.8 Å². The summed E-state index contributed by atoms with van der Waals surface area (Å²) < 4.78 is 43.4. The summed E-state index contributed by atoms with van der Waals surface area (Å²) in [7, 11) is -1.60. The molecule has 6 nitrogen and oxygen atoms in total. The van der Waals surface area contributed by atoms with Crippen molar-refractivity contribution < 1.29 is 17.5 Å². The molecular weight excluding hydrogens is 369 g/mol. The normalized spacial score (nSPS) is 21.5. The first-order valence-corrected chi connectivity index (χ1v) is 11.2. The molecule has 1 aliphatic carbocycles. The largest absolute Gasteiger partial charge is 0.381 e. The van der Waals surface area contributed by atoms with Crippen molar-refractivity contribution in [3.63, 3.8) is 0 Å². The van der Waals surface area contributed by atoms with Crippen LogP contribution in [0, 0.1) is 5.82 Å². The number of hydrogen-bond donors (Lipinski definition) is 2. The van der Waals surface area contributed by atoms with Crippen LogP contribution in [0.5, 0.6) is 0 Å². The average Bonchev–Trinajstić information content (AvgIpc) is 3.43. The van der Waals surface area contributed by atoms with Crippen LogP contribution >= 0.6 is 0 Å². The molecule has 0 radical (unpaired) electrons. The van der Waals surface area contributed by atoms with Crippen molar-refractivity contribution in [1.82, 2.24) is 10.6 Å². The van der Waals surface area contributed by atoms with Gasteiger partial charge in [0.15, 0.2) is 15.8 Å². The monoisotopic (exact) mass is 397 g/mol. The SMILES string of the molecule is CN=C(NCC1(c2ccccc2F)CC1)NCC1(S(C)(=O)=O)CCOCC1. The molecule has 0 unspecified atom stereocenters. The van der Waals surface area contributed by atoms with Crippen molar-refractivity contribution in [1.29, 1.82) is 0 Å². The Morgan fingerprint density at radius 2 is 1.78 bits per heavy atom. The molecule has 0 amide bonds. The van der Waals surface area contributed by atoms with E-state index in [0.29, 0.717) is 38.6 Å². The molecule has 1 aromatic carbocycles. The van der Waals surface area contributed by atoms with Gasteiger partial charge < -0.3 is 15.4 Å². The van der Waals surface area contributed by atoms with Gasteiger partial charge in [-0.25, -0.2) is 12.8 Å². The molecule has 8 heteroatoms. The number of ether oxygens (including phenoxy) is 1. The van der Waals surface area contributed by atoms with Gasteiger partial charge in [-0.3, -0.25) is 4.99 Å². The Morgan fingerprint density at radius 1 is 1.15 bits per heavy atom. The van der Waals surface area contributed by atoms with Crippen LogP contribution in [0.15, 0.2) is 29.3 Å². The Bertz CT molecular complexity index is 800. The zero-order valence-corrected chi connectivity index (χ0v) is 16.7. The molecular formula is C19H28FN3O3S. The highest BCUT2D eigenvalue weighted by atomic mass is 32.2. The van der Waals surface area contributed by atoms with E-state index in [1.54, 1.807) is 13.1 Å². The number of guanidine groups is 1. The van der Waals surface area contributed by atoms with Crippen LogP contribution in [0.1, 0.15) is 31.2 Å². The molecule has 150 valence electrons. The van der Waals surface area contributed by atoms with E-state index in [1.165, 1.54) is 12.3 Å². The summed E-state index contributed by atoms with van der Waals surface area (Å²) >= 11 is 0. The van der Waals surface area contributed by atoms with Crippen molar-refractivity contribution in [2.24, 2.45) is 4.99 Å². The van der Waals surface area contributed by atoms with E-state index in [0.717, 1.165) is 18.4 Å². The van der Waals surface area contributed by atoms with Crippen LogP contribution < -0.4 is 10.6 Å². The van der Waals surface area contributed by atoms with Gasteiger partial charge in [-0.1, -0.05) is 18.2 Å². The first kappa shape index (κ1) is 20.1. The van der Waals surface area contributed by atoms with Gasteiger partial charge in [-0.05, 0) is 37.3 Å². The molecule has 1 aromatic rings. The van der Waals surface area contributed by atoms with E-state index >= 15 is 0 Å². The van der Waals surface area contributed by atoms with Crippen LogP contribution in [-0.2, 0) is 20.0 Å². The number of sulfone groups is 1. The maximum absolute atomic E-state index is 14.2. The summed E-state index contributed by atoms with van der Waals surface area (Å²) in [5.41, 5.74) is 0.515. The molecule has 0 atom stereocenters. The molecule has 0 aromatic heterocycles. The second-order valence-corrected chi connectivity index (χ2v) is 10.0. The van der Waals surface area contributed by atoms with E-state index in [4.69, 9.17) is 4.74 Å². The van der Waals surface area contributed by atoms with Gasteiger partial charge in [-0.2, -0.15) is 0 Å². The maximum atomic E-state index is 14.2. The summed E-state index contributed by atoms with van der Waals surface area (Å²) in [6.45, 7) is 1.72. The standard InChI is InChI=1S/C19H28FN3O3S/c1-21-17(23-14-19(27(2,24)25)9-11-26-12-10-19)22-13-18(7-8-18)15-5-3-4-6-16(15)20/h3-6H,7-14H2,1-2H3,(H2,21,22,23). The molecule has 1 saturated heterocycles. The highest BCUT2D eigenvalue weighted by Crippen LogP contribution is 2.48. The van der Waals surface area contributed by atoms with Crippen LogP contribution in [-0.4, -0.2) is 58.7 Å². The number of rotatable bonds is 6. The van der Waals surface area contributed by atoms with Gasteiger partial charge in [0.1, 0.15) is 5.82 Å². The molecule has 0 bridgehead atoms. The molecule has 0 spiro atoms. The van der Waals surface area contributed by atoms with Crippen molar-refractivity contribution in [2.75, 3.05) is 39.6 Å². The van der Waals surface area contributed by atoms with E-state index < -0.39 is 14.6 Å². The summed E-state index contributed by atoms with van der Waals surface area (Å²) in [6.07, 6.45) is 4.06. The summed E-state index contributed by atoms with van der Waals surface area (Å²) in [5.74, 6) is 0.352. The van der Waals surface area contributed by atoms with Crippen molar-refractivity contribution in [2.45, 2.75) is 35.8 Å². The number of aliphatic imine (C=N–C) groups is 1. The summed E-state index contributed by atoms with van der Waals surface area (Å²) in [6, 6.07) is 6.87. The van der Waals surface area contributed by atoms with Gasteiger partial charge in [0.2, 0.25) is 0 Å². The predicted octanol–water partition coefficient (Wildman–Crippen LogP) is 1.62. The van der Waals surface area contributed by atoms with Crippen molar-refractivity contribution in [3.05, 3.63) is 35.6 Å². The van der Waals surface area contributed by atoms with Crippen molar-refractivity contribution >= 4 is 15.8 Å². The van der Waals surface area contributed by atoms with Crippen LogP contribution in [0.4, 0.5) is 4.39 Å². The van der Waals surface area contributed by atoms with Gasteiger partial charge in [0, 0.05) is 45.0 Å². The third kappa shape index (κ3) is 4.27. The fourth-order valence-corrected chi connectivity index (χ4v) is 4.97. The van der Waals surface area contributed by atoms with E-state index in [9.17, 15) is 12.8 Å². The smallest absolute Gasteiger partial charge is 0.191 e. The van der Waals surface area contributed by atoms with Crippen LogP contribution in [0.3, 0.4) is 0 Å². The fraction of sp³-hybridized carbons (Fsp3) is 0.632. The molecule has 27 heavy (non-hydrogen) atoms.